The van der Waals surface area contributed by atoms with Gasteiger partial charge in [-0.3, -0.25) is 0 Å². The Bertz CT molecular complexity index is 639. The van der Waals surface area contributed by atoms with Crippen LogP contribution in [0.15, 0.2) is 61.2 Å². The molecule has 25 heavy (non-hydrogen) atoms. The first-order valence-corrected chi connectivity index (χ1v) is 8.59. The van der Waals surface area contributed by atoms with Crippen LogP contribution in [0.5, 0.6) is 17.2 Å². The molecule has 0 heterocycles. The van der Waals surface area contributed by atoms with Gasteiger partial charge < -0.3 is 18.9 Å². The van der Waals surface area contributed by atoms with Gasteiger partial charge in [-0.25, -0.2) is 0 Å². The molecule has 4 nitrogen and oxygen atoms in total. The van der Waals surface area contributed by atoms with Crippen molar-refractivity contribution in [1.82, 2.24) is 0 Å². The first-order valence-electron chi connectivity index (χ1n) is 8.59. The molecule has 0 aliphatic heterocycles. The van der Waals surface area contributed by atoms with Gasteiger partial charge in [0.1, 0.15) is 19.0 Å². The second-order valence-corrected chi connectivity index (χ2v) is 5.29. The molecular weight excluding hydrogens is 316 g/mol. The Balaban J connectivity index is 1.64. The topological polar surface area (TPSA) is 36.9 Å². The monoisotopic (exact) mass is 342 g/mol. The van der Waals surface area contributed by atoms with Gasteiger partial charge in [-0.15, -0.1) is 6.58 Å². The Hall–Kier alpha value is -2.46. The molecule has 0 radical (unpaired) electrons. The van der Waals surface area contributed by atoms with E-state index in [4.69, 9.17) is 18.9 Å². The zero-order valence-electron chi connectivity index (χ0n) is 14.8. The number of allylic oxidation sites excluding steroid dienone is 1. The minimum absolute atomic E-state index is 0.469. The molecule has 0 unspecified atom stereocenters. The number of para-hydroxylation sites is 3. The van der Waals surface area contributed by atoms with E-state index in [0.29, 0.717) is 33.0 Å². The van der Waals surface area contributed by atoms with E-state index in [2.05, 4.69) is 6.58 Å². The van der Waals surface area contributed by atoms with Gasteiger partial charge in [-0.1, -0.05) is 36.4 Å². The summed E-state index contributed by atoms with van der Waals surface area (Å²) in [4.78, 5) is 0. The SMILES string of the molecule is C=CCc1ccccc1OCCOCCOc1ccccc1OCC. The summed E-state index contributed by atoms with van der Waals surface area (Å²) >= 11 is 0. The molecule has 0 atom stereocenters. The van der Waals surface area contributed by atoms with Crippen molar-refractivity contribution in [2.75, 3.05) is 33.0 Å². The van der Waals surface area contributed by atoms with E-state index in [1.54, 1.807) is 0 Å². The quantitative estimate of drug-likeness (QED) is 0.426. The third-order valence-electron chi connectivity index (χ3n) is 3.46. The highest BCUT2D eigenvalue weighted by molar-refractivity contribution is 5.39. The van der Waals surface area contributed by atoms with Gasteiger partial charge in [0.2, 0.25) is 0 Å². The molecule has 0 bridgehead atoms. The van der Waals surface area contributed by atoms with E-state index in [9.17, 15) is 0 Å². The average Bonchev–Trinajstić information content (AvgIpc) is 2.64. The summed E-state index contributed by atoms with van der Waals surface area (Å²) in [7, 11) is 0. The molecule has 0 spiro atoms. The number of benzene rings is 2. The maximum atomic E-state index is 5.77. The van der Waals surface area contributed by atoms with E-state index < -0.39 is 0 Å². The van der Waals surface area contributed by atoms with E-state index in [0.717, 1.165) is 29.2 Å². The van der Waals surface area contributed by atoms with Crippen LogP contribution >= 0.6 is 0 Å². The fourth-order valence-electron chi connectivity index (χ4n) is 2.34. The van der Waals surface area contributed by atoms with Gasteiger partial charge >= 0.3 is 0 Å². The lowest BCUT2D eigenvalue weighted by Crippen LogP contribution is -2.12. The van der Waals surface area contributed by atoms with E-state index in [-0.39, 0.29) is 0 Å². The molecule has 0 N–H and O–H groups in total. The summed E-state index contributed by atoms with van der Waals surface area (Å²) in [6, 6.07) is 15.6. The maximum absolute atomic E-state index is 5.77. The molecule has 2 aromatic rings. The molecule has 0 aromatic heterocycles. The Morgan fingerprint density at radius 2 is 1.32 bits per heavy atom. The van der Waals surface area contributed by atoms with Gasteiger partial charge in [0.15, 0.2) is 11.5 Å². The molecule has 4 heteroatoms. The average molecular weight is 342 g/mol. The van der Waals surface area contributed by atoms with Crippen molar-refractivity contribution in [3.05, 3.63) is 66.7 Å². The Morgan fingerprint density at radius 1 is 0.760 bits per heavy atom. The van der Waals surface area contributed by atoms with Crippen LogP contribution in [0.1, 0.15) is 12.5 Å². The molecule has 0 saturated carbocycles. The van der Waals surface area contributed by atoms with Crippen LogP contribution < -0.4 is 14.2 Å². The van der Waals surface area contributed by atoms with Crippen LogP contribution in [-0.4, -0.2) is 33.0 Å². The van der Waals surface area contributed by atoms with Crippen LogP contribution in [0, 0.1) is 0 Å². The van der Waals surface area contributed by atoms with Crippen LogP contribution in [0.3, 0.4) is 0 Å². The molecule has 0 aliphatic carbocycles. The first-order chi connectivity index (χ1) is 12.3. The lowest BCUT2D eigenvalue weighted by molar-refractivity contribution is 0.0753. The smallest absolute Gasteiger partial charge is 0.161 e. The number of ether oxygens (including phenoxy) is 4. The third-order valence-corrected chi connectivity index (χ3v) is 3.46. The summed E-state index contributed by atoms with van der Waals surface area (Å²) < 4.78 is 22.6. The Kier molecular flexibility index (Phi) is 8.42. The second-order valence-electron chi connectivity index (χ2n) is 5.29. The first kappa shape index (κ1) is 18.9. The van der Waals surface area contributed by atoms with Crippen LogP contribution in [0.25, 0.3) is 0 Å². The molecule has 0 saturated heterocycles. The van der Waals surface area contributed by atoms with Crippen molar-refractivity contribution < 1.29 is 18.9 Å². The van der Waals surface area contributed by atoms with Gasteiger partial charge in [0.25, 0.3) is 0 Å². The van der Waals surface area contributed by atoms with E-state index in [1.807, 2.05) is 61.5 Å². The minimum atomic E-state index is 0.469. The van der Waals surface area contributed by atoms with Gasteiger partial charge in [0, 0.05) is 0 Å². The maximum Gasteiger partial charge on any atom is 0.161 e. The summed E-state index contributed by atoms with van der Waals surface area (Å²) in [5.41, 5.74) is 1.13. The fraction of sp³-hybridized carbons (Fsp3) is 0.333. The van der Waals surface area contributed by atoms with E-state index in [1.165, 1.54) is 0 Å². The summed E-state index contributed by atoms with van der Waals surface area (Å²) in [6.45, 7) is 8.31. The predicted octanol–water partition coefficient (Wildman–Crippen LogP) is 4.29. The molecule has 0 fully saturated rings. The standard InChI is InChI=1S/C21H26O4/c1-3-9-18-10-5-6-11-19(18)24-16-14-22-15-17-25-21-13-8-7-12-20(21)23-4-2/h3,5-8,10-13H,1,4,9,14-17H2,2H3. The third kappa shape index (κ3) is 6.51. The summed E-state index contributed by atoms with van der Waals surface area (Å²) in [5, 5.41) is 0. The Labute approximate surface area is 150 Å². The second kappa shape index (κ2) is 11.2. The molecule has 0 amide bonds. The highest BCUT2D eigenvalue weighted by Gasteiger charge is 2.03. The lowest BCUT2D eigenvalue weighted by Gasteiger charge is -2.12. The van der Waals surface area contributed by atoms with Crippen LogP contribution in [-0.2, 0) is 11.2 Å². The predicted molar refractivity (Wildman–Crippen MR) is 99.8 cm³/mol. The Morgan fingerprint density at radius 3 is 1.96 bits per heavy atom. The number of rotatable bonds is 12. The zero-order chi connectivity index (χ0) is 17.7. The van der Waals surface area contributed by atoms with Crippen LogP contribution in [0.2, 0.25) is 0 Å². The molecule has 2 aromatic carbocycles. The molecular formula is C21H26O4. The summed E-state index contributed by atoms with van der Waals surface area (Å²) in [5.74, 6) is 2.38. The van der Waals surface area contributed by atoms with Crippen molar-refractivity contribution in [2.24, 2.45) is 0 Å². The van der Waals surface area contributed by atoms with Crippen molar-refractivity contribution in [3.8, 4) is 17.2 Å². The van der Waals surface area contributed by atoms with Crippen molar-refractivity contribution in [3.63, 3.8) is 0 Å². The zero-order valence-corrected chi connectivity index (χ0v) is 14.8. The molecule has 2 rings (SSSR count). The van der Waals surface area contributed by atoms with Gasteiger partial charge in [-0.05, 0) is 37.1 Å². The molecule has 0 aliphatic rings. The lowest BCUT2D eigenvalue weighted by atomic mass is 10.1. The number of hydrogen-bond acceptors (Lipinski definition) is 4. The number of hydrogen-bond donors (Lipinski definition) is 0. The molecule has 134 valence electrons. The van der Waals surface area contributed by atoms with E-state index >= 15 is 0 Å². The van der Waals surface area contributed by atoms with Gasteiger partial charge in [0.05, 0.1) is 19.8 Å². The summed E-state index contributed by atoms with van der Waals surface area (Å²) in [6.07, 6.45) is 2.67. The van der Waals surface area contributed by atoms with Crippen LogP contribution in [0.4, 0.5) is 0 Å². The van der Waals surface area contributed by atoms with Crippen molar-refractivity contribution in [1.29, 1.82) is 0 Å². The van der Waals surface area contributed by atoms with Crippen molar-refractivity contribution in [2.45, 2.75) is 13.3 Å². The minimum Gasteiger partial charge on any atom is -0.491 e. The van der Waals surface area contributed by atoms with Crippen molar-refractivity contribution >= 4 is 0 Å². The largest absolute Gasteiger partial charge is 0.491 e. The fourth-order valence-corrected chi connectivity index (χ4v) is 2.34. The highest BCUT2D eigenvalue weighted by atomic mass is 16.6. The van der Waals surface area contributed by atoms with Gasteiger partial charge in [-0.2, -0.15) is 0 Å². The normalized spacial score (nSPS) is 10.3. The highest BCUT2D eigenvalue weighted by Crippen LogP contribution is 2.26.